The average molecular weight is 381 g/mol. The first-order valence-electron chi connectivity index (χ1n) is 8.72. The van der Waals surface area contributed by atoms with Crippen molar-refractivity contribution in [2.45, 2.75) is 19.3 Å². The molecule has 3 heterocycles. The monoisotopic (exact) mass is 381 g/mol. The molecule has 4 rings (SSSR count). The van der Waals surface area contributed by atoms with Crippen molar-refractivity contribution in [3.8, 4) is 17.0 Å². The zero-order valence-electron chi connectivity index (χ0n) is 14.8. The molecule has 0 aliphatic carbocycles. The summed E-state index contributed by atoms with van der Waals surface area (Å²) in [7, 11) is 0. The number of carboxylic acid groups (broad SMARTS) is 1. The van der Waals surface area contributed by atoms with Crippen LogP contribution in [0.15, 0.2) is 42.0 Å². The number of fused-ring (bicyclic) bond motifs is 1. The summed E-state index contributed by atoms with van der Waals surface area (Å²) in [6, 6.07) is 7.71. The van der Waals surface area contributed by atoms with Crippen LogP contribution in [0.3, 0.4) is 0 Å². The Hall–Kier alpha value is -2.93. The number of nitrogens with one attached hydrogen (secondary N) is 1. The van der Waals surface area contributed by atoms with Gasteiger partial charge in [-0.05, 0) is 31.0 Å². The van der Waals surface area contributed by atoms with Crippen LogP contribution in [-0.4, -0.2) is 34.2 Å². The van der Waals surface area contributed by atoms with E-state index in [-0.39, 0.29) is 11.5 Å². The van der Waals surface area contributed by atoms with Crippen molar-refractivity contribution >= 4 is 23.0 Å². The van der Waals surface area contributed by atoms with E-state index in [1.54, 1.807) is 17.5 Å². The van der Waals surface area contributed by atoms with Crippen LogP contribution in [0.5, 0.6) is 5.75 Å². The summed E-state index contributed by atoms with van der Waals surface area (Å²) in [4.78, 5) is 19.9. The summed E-state index contributed by atoms with van der Waals surface area (Å²) in [5.74, 6) is 0.151. The van der Waals surface area contributed by atoms with E-state index in [2.05, 4.69) is 32.8 Å². The molecular formula is C20H19N3O3S. The minimum absolute atomic E-state index is 0.228. The second-order valence-electron chi connectivity index (χ2n) is 6.45. The van der Waals surface area contributed by atoms with Crippen molar-refractivity contribution in [1.82, 2.24) is 9.97 Å². The third kappa shape index (κ3) is 3.64. The average Bonchev–Trinajstić information content (AvgIpc) is 3.12. The van der Waals surface area contributed by atoms with E-state index in [9.17, 15) is 9.90 Å². The van der Waals surface area contributed by atoms with Gasteiger partial charge in [0.1, 0.15) is 5.75 Å². The lowest BCUT2D eigenvalue weighted by atomic mass is 9.91. The highest BCUT2D eigenvalue weighted by Crippen LogP contribution is 2.37. The molecule has 6 nitrogen and oxygen atoms in total. The molecule has 0 spiro atoms. The number of benzene rings is 1. The fourth-order valence-corrected chi connectivity index (χ4v) is 3.91. The van der Waals surface area contributed by atoms with Crippen LogP contribution in [0.4, 0.5) is 5.69 Å². The molecule has 138 valence electrons. The number of aryl methyl sites for hydroxylation is 1. The van der Waals surface area contributed by atoms with Crippen LogP contribution < -0.4 is 10.1 Å². The van der Waals surface area contributed by atoms with Gasteiger partial charge in [-0.25, -0.2) is 9.78 Å². The van der Waals surface area contributed by atoms with Crippen molar-refractivity contribution in [3.63, 3.8) is 0 Å². The Morgan fingerprint density at radius 1 is 1.41 bits per heavy atom. The third-order valence-electron chi connectivity index (χ3n) is 4.68. The van der Waals surface area contributed by atoms with Gasteiger partial charge >= 0.3 is 5.97 Å². The molecule has 2 N–H and O–H groups in total. The van der Waals surface area contributed by atoms with Crippen molar-refractivity contribution in [1.29, 1.82) is 0 Å². The minimum Gasteiger partial charge on any atom is -0.493 e. The standard InChI is InChI=1S/C20H19N3O3S/c1-12-23-18(11-27-12)13-2-3-15-14(5-7-26-19(15)8-13)9-22-17-10-21-6-4-16(17)20(24)25/h2-4,6,8,10-11,14,22H,5,7,9H2,1H3,(H,24,25)/t14-/m1/s1. The number of aromatic nitrogens is 2. The number of rotatable bonds is 5. The summed E-state index contributed by atoms with van der Waals surface area (Å²) in [6.45, 7) is 3.25. The molecule has 1 aliphatic rings. The number of pyridine rings is 1. The Morgan fingerprint density at radius 2 is 2.30 bits per heavy atom. The fraction of sp³-hybridized carbons (Fsp3) is 0.250. The van der Waals surface area contributed by atoms with Crippen LogP contribution >= 0.6 is 11.3 Å². The topological polar surface area (TPSA) is 84.3 Å². The van der Waals surface area contributed by atoms with Gasteiger partial charge in [-0.2, -0.15) is 0 Å². The second-order valence-corrected chi connectivity index (χ2v) is 7.51. The smallest absolute Gasteiger partial charge is 0.337 e. The summed E-state index contributed by atoms with van der Waals surface area (Å²) < 4.78 is 5.88. The summed E-state index contributed by atoms with van der Waals surface area (Å²) in [5, 5.41) is 15.6. The number of carboxylic acids is 1. The van der Waals surface area contributed by atoms with Crippen LogP contribution in [0.2, 0.25) is 0 Å². The van der Waals surface area contributed by atoms with Gasteiger partial charge < -0.3 is 15.2 Å². The van der Waals surface area contributed by atoms with Crippen LogP contribution in [-0.2, 0) is 0 Å². The lowest BCUT2D eigenvalue weighted by Gasteiger charge is -2.27. The minimum atomic E-state index is -0.963. The maximum absolute atomic E-state index is 11.4. The molecule has 27 heavy (non-hydrogen) atoms. The Morgan fingerprint density at radius 3 is 3.07 bits per heavy atom. The van der Waals surface area contributed by atoms with Gasteiger partial charge in [0.05, 0.1) is 34.8 Å². The van der Waals surface area contributed by atoms with Crippen molar-refractivity contribution in [2.24, 2.45) is 0 Å². The summed E-state index contributed by atoms with van der Waals surface area (Å²) >= 11 is 1.63. The van der Waals surface area contributed by atoms with Gasteiger partial charge in [0.15, 0.2) is 0 Å². The molecule has 1 aromatic carbocycles. The van der Waals surface area contributed by atoms with E-state index in [1.807, 2.05) is 13.0 Å². The van der Waals surface area contributed by atoms with E-state index >= 15 is 0 Å². The zero-order valence-corrected chi connectivity index (χ0v) is 15.6. The molecule has 1 atom stereocenters. The molecule has 2 aromatic heterocycles. The van der Waals surface area contributed by atoms with E-state index in [1.165, 1.54) is 12.3 Å². The highest BCUT2D eigenvalue weighted by Gasteiger charge is 2.23. The molecule has 1 aliphatic heterocycles. The fourth-order valence-electron chi connectivity index (χ4n) is 3.29. The molecule has 7 heteroatoms. The first-order chi connectivity index (χ1) is 13.1. The van der Waals surface area contributed by atoms with Crippen LogP contribution in [0.25, 0.3) is 11.3 Å². The third-order valence-corrected chi connectivity index (χ3v) is 5.46. The predicted molar refractivity (Wildman–Crippen MR) is 105 cm³/mol. The number of carbonyl (C=O) groups is 1. The lowest BCUT2D eigenvalue weighted by Crippen LogP contribution is -2.21. The number of hydrogen-bond acceptors (Lipinski definition) is 6. The summed E-state index contributed by atoms with van der Waals surface area (Å²) in [5.41, 5.74) is 3.90. The first kappa shape index (κ1) is 17.5. The number of nitrogens with zero attached hydrogens (tertiary/aromatic N) is 2. The van der Waals surface area contributed by atoms with Gasteiger partial charge in [0.25, 0.3) is 0 Å². The van der Waals surface area contributed by atoms with Gasteiger partial charge in [-0.3, -0.25) is 4.98 Å². The van der Waals surface area contributed by atoms with Gasteiger partial charge in [-0.1, -0.05) is 12.1 Å². The molecule has 0 saturated heterocycles. The van der Waals surface area contributed by atoms with Crippen molar-refractivity contribution in [3.05, 3.63) is 58.2 Å². The Kier molecular flexibility index (Phi) is 4.77. The molecule has 0 bridgehead atoms. The van der Waals surface area contributed by atoms with Gasteiger partial charge in [0, 0.05) is 29.6 Å². The predicted octanol–water partition coefficient (Wildman–Crippen LogP) is 4.19. The Balaban J connectivity index is 1.54. The summed E-state index contributed by atoms with van der Waals surface area (Å²) in [6.07, 6.45) is 3.91. The molecule has 0 unspecified atom stereocenters. The molecular weight excluding hydrogens is 362 g/mol. The maximum Gasteiger partial charge on any atom is 0.337 e. The largest absolute Gasteiger partial charge is 0.493 e. The first-order valence-corrected chi connectivity index (χ1v) is 9.60. The molecule has 0 fully saturated rings. The normalized spacial score (nSPS) is 15.7. The number of hydrogen-bond donors (Lipinski definition) is 2. The SMILES string of the molecule is Cc1nc(-c2ccc3c(c2)OCC[C@@H]3CNc2cnccc2C(=O)O)cs1. The van der Waals surface area contributed by atoms with Gasteiger partial charge in [0.2, 0.25) is 0 Å². The van der Waals surface area contributed by atoms with Crippen LogP contribution in [0.1, 0.15) is 33.3 Å². The lowest BCUT2D eigenvalue weighted by molar-refractivity contribution is 0.0697. The van der Waals surface area contributed by atoms with Crippen LogP contribution in [0, 0.1) is 6.92 Å². The van der Waals surface area contributed by atoms with Crippen molar-refractivity contribution < 1.29 is 14.6 Å². The highest BCUT2D eigenvalue weighted by atomic mass is 32.1. The maximum atomic E-state index is 11.4. The Labute approximate surface area is 160 Å². The number of ether oxygens (including phenoxy) is 1. The van der Waals surface area contributed by atoms with E-state index in [0.29, 0.717) is 18.8 Å². The quantitative estimate of drug-likeness (QED) is 0.689. The van der Waals surface area contributed by atoms with E-state index in [4.69, 9.17) is 4.74 Å². The Bertz CT molecular complexity index is 986. The molecule has 3 aromatic rings. The zero-order chi connectivity index (χ0) is 18.8. The number of anilines is 1. The van der Waals surface area contributed by atoms with E-state index < -0.39 is 5.97 Å². The number of aromatic carboxylic acids is 1. The molecule has 0 amide bonds. The number of thiazole rings is 1. The van der Waals surface area contributed by atoms with Crippen molar-refractivity contribution in [2.75, 3.05) is 18.5 Å². The highest BCUT2D eigenvalue weighted by molar-refractivity contribution is 7.09. The molecule has 0 saturated carbocycles. The van der Waals surface area contributed by atoms with Gasteiger partial charge in [-0.15, -0.1) is 11.3 Å². The molecule has 0 radical (unpaired) electrons. The second kappa shape index (κ2) is 7.36. The van der Waals surface area contributed by atoms with E-state index in [0.717, 1.165) is 34.0 Å².